The monoisotopic (exact) mass is 505 g/mol. The molecule has 0 spiro atoms. The Labute approximate surface area is 212 Å². The van der Waals surface area contributed by atoms with E-state index in [0.717, 1.165) is 39.4 Å². The normalized spacial score (nSPS) is 13.6. The molecule has 2 aromatic carbocycles. The van der Waals surface area contributed by atoms with Gasteiger partial charge in [-0.2, -0.15) is 0 Å². The SMILES string of the molecule is COc1ccc(N2CCN(C(=O)Nc3snnc3C(=O)NCCc3c[nH]c4ccccc34)CC2)cc1. The summed E-state index contributed by atoms with van der Waals surface area (Å²) in [5, 5.41) is 11.1. The van der Waals surface area contributed by atoms with Crippen LogP contribution in [0.3, 0.4) is 0 Å². The lowest BCUT2D eigenvalue weighted by atomic mass is 10.1. The number of aromatic amines is 1. The first-order valence-corrected chi connectivity index (χ1v) is 12.5. The van der Waals surface area contributed by atoms with Crippen LogP contribution in [0.5, 0.6) is 5.75 Å². The number of fused-ring (bicyclic) bond motifs is 1. The Bertz CT molecular complexity index is 1340. The zero-order valence-electron chi connectivity index (χ0n) is 19.9. The van der Waals surface area contributed by atoms with E-state index in [4.69, 9.17) is 4.74 Å². The van der Waals surface area contributed by atoms with Crippen LogP contribution in [0, 0.1) is 0 Å². The second-order valence-corrected chi connectivity index (χ2v) is 9.17. The van der Waals surface area contributed by atoms with Crippen LogP contribution in [0.15, 0.2) is 54.7 Å². The molecule has 2 aromatic heterocycles. The maximum atomic E-state index is 12.9. The van der Waals surface area contributed by atoms with Gasteiger partial charge >= 0.3 is 6.03 Å². The van der Waals surface area contributed by atoms with Crippen LogP contribution in [-0.4, -0.2) is 71.2 Å². The number of piperazine rings is 1. The number of hydrogen-bond donors (Lipinski definition) is 3. The molecule has 1 fully saturated rings. The number of aromatic nitrogens is 3. The Morgan fingerprint density at radius 3 is 2.64 bits per heavy atom. The van der Waals surface area contributed by atoms with E-state index in [0.29, 0.717) is 44.1 Å². The Hall–Kier alpha value is -4.12. The van der Waals surface area contributed by atoms with Crippen molar-refractivity contribution in [2.45, 2.75) is 6.42 Å². The highest BCUT2D eigenvalue weighted by Gasteiger charge is 2.24. The van der Waals surface area contributed by atoms with E-state index in [1.165, 1.54) is 0 Å². The van der Waals surface area contributed by atoms with Crippen molar-refractivity contribution in [1.82, 2.24) is 24.8 Å². The third-order valence-electron chi connectivity index (χ3n) is 6.28. The molecule has 36 heavy (non-hydrogen) atoms. The van der Waals surface area contributed by atoms with Gasteiger partial charge in [-0.25, -0.2) is 4.79 Å². The van der Waals surface area contributed by atoms with E-state index < -0.39 is 0 Å². The number of urea groups is 1. The first-order chi connectivity index (χ1) is 17.6. The zero-order valence-corrected chi connectivity index (χ0v) is 20.7. The standard InChI is InChI=1S/C25H27N7O3S/c1-35-19-8-6-18(7-9-19)31-12-14-32(15-13-31)25(34)28-24-22(29-30-36-24)23(33)26-11-10-17-16-27-21-5-3-2-4-20(17)21/h2-9,16,27H,10-15H2,1H3,(H,26,33)(H,28,34). The van der Waals surface area contributed by atoms with Crippen LogP contribution in [0.1, 0.15) is 16.1 Å². The first kappa shape index (κ1) is 23.6. The number of ether oxygens (including phenoxy) is 1. The first-order valence-electron chi connectivity index (χ1n) is 11.7. The van der Waals surface area contributed by atoms with Crippen molar-refractivity contribution in [2.75, 3.05) is 50.1 Å². The van der Waals surface area contributed by atoms with E-state index in [1.807, 2.05) is 48.7 Å². The maximum absolute atomic E-state index is 12.9. The molecule has 11 heteroatoms. The number of carbonyl (C=O) groups excluding carboxylic acids is 2. The predicted octanol–water partition coefficient (Wildman–Crippen LogP) is 3.35. The molecule has 1 saturated heterocycles. The van der Waals surface area contributed by atoms with Gasteiger partial charge in [-0.05, 0) is 42.3 Å². The van der Waals surface area contributed by atoms with Crippen molar-refractivity contribution < 1.29 is 14.3 Å². The molecule has 4 aromatic rings. The van der Waals surface area contributed by atoms with Crippen LogP contribution in [0.2, 0.25) is 0 Å². The lowest BCUT2D eigenvalue weighted by Gasteiger charge is -2.36. The van der Waals surface area contributed by atoms with Gasteiger partial charge in [0.25, 0.3) is 5.91 Å². The molecular weight excluding hydrogens is 478 g/mol. The molecule has 10 nitrogen and oxygen atoms in total. The summed E-state index contributed by atoms with van der Waals surface area (Å²) in [6.45, 7) is 3.00. The van der Waals surface area contributed by atoms with E-state index in [9.17, 15) is 9.59 Å². The van der Waals surface area contributed by atoms with Gasteiger partial charge in [0, 0.05) is 67.0 Å². The van der Waals surface area contributed by atoms with Gasteiger partial charge in [-0.1, -0.05) is 22.7 Å². The minimum atomic E-state index is -0.358. The summed E-state index contributed by atoms with van der Waals surface area (Å²) in [6.07, 6.45) is 2.63. The highest BCUT2D eigenvalue weighted by molar-refractivity contribution is 7.10. The summed E-state index contributed by atoms with van der Waals surface area (Å²) in [5.41, 5.74) is 3.42. The maximum Gasteiger partial charge on any atom is 0.322 e. The second kappa shape index (κ2) is 10.6. The molecule has 5 rings (SSSR count). The van der Waals surface area contributed by atoms with E-state index >= 15 is 0 Å². The van der Waals surface area contributed by atoms with Crippen molar-refractivity contribution in [3.05, 3.63) is 66.0 Å². The fourth-order valence-corrected chi connectivity index (χ4v) is 4.85. The van der Waals surface area contributed by atoms with Crippen LogP contribution in [0.25, 0.3) is 10.9 Å². The number of methoxy groups -OCH3 is 1. The summed E-state index contributed by atoms with van der Waals surface area (Å²) < 4.78 is 9.10. The fraction of sp³-hybridized carbons (Fsp3) is 0.280. The third-order valence-corrected chi connectivity index (χ3v) is 6.92. The topological polar surface area (TPSA) is 115 Å². The number of amides is 3. The van der Waals surface area contributed by atoms with Crippen molar-refractivity contribution in [1.29, 1.82) is 0 Å². The molecule has 0 aliphatic carbocycles. The molecule has 0 bridgehead atoms. The number of H-pyrrole nitrogens is 1. The average molecular weight is 506 g/mol. The molecule has 0 atom stereocenters. The van der Waals surface area contributed by atoms with E-state index in [-0.39, 0.29) is 17.6 Å². The number of anilines is 2. The zero-order chi connectivity index (χ0) is 24.9. The Morgan fingerprint density at radius 1 is 1.08 bits per heavy atom. The number of hydrogen-bond acceptors (Lipinski definition) is 7. The fourth-order valence-electron chi connectivity index (χ4n) is 4.29. The van der Waals surface area contributed by atoms with Crippen molar-refractivity contribution in [2.24, 2.45) is 0 Å². The van der Waals surface area contributed by atoms with E-state index in [2.05, 4.69) is 36.2 Å². The average Bonchev–Trinajstić information content (AvgIpc) is 3.56. The van der Waals surface area contributed by atoms with Gasteiger partial charge in [0.2, 0.25) is 0 Å². The number of carbonyl (C=O) groups is 2. The van der Waals surface area contributed by atoms with Gasteiger partial charge < -0.3 is 24.8 Å². The molecular formula is C25H27N7O3S. The quantitative estimate of drug-likeness (QED) is 0.355. The highest BCUT2D eigenvalue weighted by Crippen LogP contribution is 2.22. The van der Waals surface area contributed by atoms with Gasteiger partial charge in [0.1, 0.15) is 5.75 Å². The predicted molar refractivity (Wildman–Crippen MR) is 140 cm³/mol. The summed E-state index contributed by atoms with van der Waals surface area (Å²) in [5.74, 6) is 0.455. The molecule has 0 saturated carbocycles. The number of para-hydroxylation sites is 1. The largest absolute Gasteiger partial charge is 0.497 e. The number of benzene rings is 2. The molecule has 1 aliphatic heterocycles. The Balaban J connectivity index is 1.12. The Morgan fingerprint density at radius 2 is 1.86 bits per heavy atom. The lowest BCUT2D eigenvalue weighted by molar-refractivity contribution is 0.0950. The van der Waals surface area contributed by atoms with Crippen LogP contribution >= 0.6 is 11.5 Å². The van der Waals surface area contributed by atoms with Crippen LogP contribution in [-0.2, 0) is 6.42 Å². The number of nitrogens with one attached hydrogen (secondary N) is 3. The molecule has 0 unspecified atom stereocenters. The molecule has 1 aliphatic rings. The Kier molecular flexibility index (Phi) is 6.99. The second-order valence-electron chi connectivity index (χ2n) is 8.42. The summed E-state index contributed by atoms with van der Waals surface area (Å²) in [4.78, 5) is 32.8. The molecule has 0 radical (unpaired) electrons. The molecule has 3 N–H and O–H groups in total. The van der Waals surface area contributed by atoms with Gasteiger partial charge in [0.05, 0.1) is 7.11 Å². The molecule has 3 heterocycles. The minimum Gasteiger partial charge on any atom is -0.497 e. The number of rotatable bonds is 7. The van der Waals surface area contributed by atoms with Crippen LogP contribution < -0.4 is 20.3 Å². The summed E-state index contributed by atoms with van der Waals surface area (Å²) >= 11 is 0.996. The van der Waals surface area contributed by atoms with Crippen LogP contribution in [0.4, 0.5) is 15.5 Å². The smallest absolute Gasteiger partial charge is 0.322 e. The summed E-state index contributed by atoms with van der Waals surface area (Å²) in [7, 11) is 1.64. The van der Waals surface area contributed by atoms with Crippen molar-refractivity contribution >= 4 is 45.1 Å². The molecule has 3 amide bonds. The van der Waals surface area contributed by atoms with Crippen molar-refractivity contribution in [3.8, 4) is 5.75 Å². The number of nitrogens with zero attached hydrogens (tertiary/aromatic N) is 4. The third kappa shape index (κ3) is 5.10. The summed E-state index contributed by atoms with van der Waals surface area (Å²) in [6, 6.07) is 15.7. The highest BCUT2D eigenvalue weighted by atomic mass is 32.1. The molecule has 186 valence electrons. The van der Waals surface area contributed by atoms with Crippen molar-refractivity contribution in [3.63, 3.8) is 0 Å². The van der Waals surface area contributed by atoms with Gasteiger partial charge in [0.15, 0.2) is 10.7 Å². The lowest BCUT2D eigenvalue weighted by Crippen LogP contribution is -2.50. The van der Waals surface area contributed by atoms with Gasteiger partial charge in [-0.15, -0.1) is 5.10 Å². The van der Waals surface area contributed by atoms with Gasteiger partial charge in [-0.3, -0.25) is 10.1 Å². The minimum absolute atomic E-state index is 0.129. The van der Waals surface area contributed by atoms with E-state index in [1.54, 1.807) is 12.0 Å².